The monoisotopic (exact) mass is 277 g/mol. The predicted molar refractivity (Wildman–Crippen MR) is 82.5 cm³/mol. The molecule has 0 N–H and O–H groups in total. The Hall–Kier alpha value is -1.35. The highest BCUT2D eigenvalue weighted by Crippen LogP contribution is 2.30. The van der Waals surface area contributed by atoms with Gasteiger partial charge in [0.2, 0.25) is 0 Å². The fourth-order valence-electron chi connectivity index (χ4n) is 2.23. The van der Waals surface area contributed by atoms with E-state index in [4.69, 9.17) is 4.74 Å². The van der Waals surface area contributed by atoms with E-state index in [1.807, 2.05) is 44.3 Å². The highest BCUT2D eigenvalue weighted by Gasteiger charge is 2.34. The molecule has 0 fully saturated rings. The van der Waals surface area contributed by atoms with Crippen LogP contribution in [0.5, 0.6) is 0 Å². The zero-order chi connectivity index (χ0) is 15.3. The van der Waals surface area contributed by atoms with Gasteiger partial charge in [-0.25, -0.2) is 4.79 Å². The van der Waals surface area contributed by atoms with Crippen molar-refractivity contribution in [2.24, 2.45) is 5.41 Å². The fourth-order valence-corrected chi connectivity index (χ4v) is 2.23. The molecule has 1 aromatic rings. The third-order valence-electron chi connectivity index (χ3n) is 3.90. The molecule has 3 nitrogen and oxygen atoms in total. The number of benzene rings is 1. The fraction of sp³-hybridized carbons (Fsp3) is 0.588. The first kappa shape index (κ1) is 16.7. The summed E-state index contributed by atoms with van der Waals surface area (Å²) < 4.78 is 5.26. The molecule has 0 aliphatic carbocycles. The van der Waals surface area contributed by atoms with Crippen LogP contribution in [0.4, 0.5) is 0 Å². The van der Waals surface area contributed by atoms with Gasteiger partial charge in [-0.1, -0.05) is 51.1 Å². The summed E-state index contributed by atoms with van der Waals surface area (Å²) in [4.78, 5) is 14.5. The smallest absolute Gasteiger partial charge is 0.327 e. The molecule has 0 aromatic heterocycles. The number of hydrogen-bond donors (Lipinski definition) is 0. The van der Waals surface area contributed by atoms with Gasteiger partial charge in [-0.3, -0.25) is 4.90 Å². The SMILES string of the molecule is CCOC(=O)C(c1ccccc1)N(C)C(C)C(C)(C)C. The van der Waals surface area contributed by atoms with Gasteiger partial charge in [-0.05, 0) is 31.9 Å². The van der Waals surface area contributed by atoms with Crippen molar-refractivity contribution in [3.8, 4) is 0 Å². The average Bonchev–Trinajstić information content (AvgIpc) is 2.38. The van der Waals surface area contributed by atoms with Crippen LogP contribution in [0.3, 0.4) is 0 Å². The van der Waals surface area contributed by atoms with Crippen molar-refractivity contribution in [2.75, 3.05) is 13.7 Å². The maximum atomic E-state index is 12.4. The maximum absolute atomic E-state index is 12.4. The molecule has 0 saturated heterocycles. The molecule has 0 aliphatic rings. The Labute approximate surface area is 122 Å². The lowest BCUT2D eigenvalue weighted by Gasteiger charge is -2.39. The third-order valence-corrected chi connectivity index (χ3v) is 3.90. The first-order valence-corrected chi connectivity index (χ1v) is 7.22. The van der Waals surface area contributed by atoms with Crippen molar-refractivity contribution in [1.82, 2.24) is 4.90 Å². The molecule has 0 spiro atoms. The van der Waals surface area contributed by atoms with E-state index in [0.29, 0.717) is 6.61 Å². The second kappa shape index (κ2) is 6.89. The minimum absolute atomic E-state index is 0.0915. The molecule has 0 amide bonds. The molecule has 112 valence electrons. The Kier molecular flexibility index (Phi) is 5.75. The summed E-state index contributed by atoms with van der Waals surface area (Å²) in [5.41, 5.74) is 1.07. The number of hydrogen-bond acceptors (Lipinski definition) is 3. The summed E-state index contributed by atoms with van der Waals surface area (Å²) in [5.74, 6) is -0.183. The molecular weight excluding hydrogens is 250 g/mol. The number of nitrogens with zero attached hydrogens (tertiary/aromatic N) is 1. The molecule has 3 heteroatoms. The third kappa shape index (κ3) is 4.07. The zero-order valence-electron chi connectivity index (χ0n) is 13.5. The van der Waals surface area contributed by atoms with Crippen molar-refractivity contribution in [3.05, 3.63) is 35.9 Å². The first-order valence-electron chi connectivity index (χ1n) is 7.22. The Balaban J connectivity index is 3.08. The quantitative estimate of drug-likeness (QED) is 0.769. The van der Waals surface area contributed by atoms with Gasteiger partial charge in [0.05, 0.1) is 6.61 Å². The van der Waals surface area contributed by atoms with E-state index in [9.17, 15) is 4.79 Å². The van der Waals surface area contributed by atoms with Gasteiger partial charge in [-0.15, -0.1) is 0 Å². The number of esters is 1. The highest BCUT2D eigenvalue weighted by molar-refractivity contribution is 5.77. The normalized spacial score (nSPS) is 14.9. The Morgan fingerprint density at radius 3 is 2.25 bits per heavy atom. The molecular formula is C17H27NO2. The lowest BCUT2D eigenvalue weighted by Crippen LogP contribution is -2.44. The van der Waals surface area contributed by atoms with E-state index in [1.165, 1.54) is 0 Å². The molecule has 2 unspecified atom stereocenters. The molecule has 0 heterocycles. The number of rotatable bonds is 5. The van der Waals surface area contributed by atoms with E-state index >= 15 is 0 Å². The van der Waals surface area contributed by atoms with Gasteiger partial charge in [0, 0.05) is 6.04 Å². The minimum Gasteiger partial charge on any atom is -0.465 e. The summed E-state index contributed by atoms with van der Waals surface area (Å²) in [6.07, 6.45) is 0. The van der Waals surface area contributed by atoms with Crippen LogP contribution in [0.2, 0.25) is 0 Å². The highest BCUT2D eigenvalue weighted by atomic mass is 16.5. The molecule has 20 heavy (non-hydrogen) atoms. The van der Waals surface area contributed by atoms with Gasteiger partial charge in [-0.2, -0.15) is 0 Å². The van der Waals surface area contributed by atoms with Crippen LogP contribution < -0.4 is 0 Å². The minimum atomic E-state index is -0.356. The van der Waals surface area contributed by atoms with E-state index in [1.54, 1.807) is 0 Å². The largest absolute Gasteiger partial charge is 0.465 e. The van der Waals surface area contributed by atoms with Crippen LogP contribution in [0.1, 0.15) is 46.2 Å². The van der Waals surface area contributed by atoms with E-state index in [2.05, 4.69) is 32.6 Å². The lowest BCUT2D eigenvalue weighted by atomic mass is 9.86. The van der Waals surface area contributed by atoms with E-state index < -0.39 is 0 Å². The van der Waals surface area contributed by atoms with Crippen LogP contribution in [-0.2, 0) is 9.53 Å². The van der Waals surface area contributed by atoms with E-state index in [-0.39, 0.29) is 23.5 Å². The van der Waals surface area contributed by atoms with Crippen LogP contribution >= 0.6 is 0 Å². The van der Waals surface area contributed by atoms with Gasteiger partial charge < -0.3 is 4.74 Å². The summed E-state index contributed by atoms with van der Waals surface area (Å²) in [7, 11) is 1.99. The number of carbonyl (C=O) groups excluding carboxylic acids is 1. The van der Waals surface area contributed by atoms with Gasteiger partial charge >= 0.3 is 5.97 Å². The van der Waals surface area contributed by atoms with Crippen LogP contribution in [0, 0.1) is 5.41 Å². The van der Waals surface area contributed by atoms with E-state index in [0.717, 1.165) is 5.56 Å². The summed E-state index contributed by atoms with van der Waals surface area (Å²) in [6.45, 7) is 10.9. The predicted octanol–water partition coefficient (Wildman–Crippen LogP) is 3.66. The lowest BCUT2D eigenvalue weighted by molar-refractivity contribution is -0.151. The summed E-state index contributed by atoms with van der Waals surface area (Å²) >= 11 is 0. The standard InChI is InChI=1S/C17H27NO2/c1-7-20-16(19)15(14-11-9-8-10-12-14)18(6)13(2)17(3,4)5/h8-13,15H,7H2,1-6H3. The molecule has 0 radical (unpaired) electrons. The van der Waals surface area contributed by atoms with Gasteiger partial charge in [0.15, 0.2) is 0 Å². The van der Waals surface area contributed by atoms with Crippen molar-refractivity contribution in [2.45, 2.75) is 46.7 Å². The van der Waals surface area contributed by atoms with Crippen LogP contribution in [0.25, 0.3) is 0 Å². The van der Waals surface area contributed by atoms with Crippen LogP contribution in [0.15, 0.2) is 30.3 Å². The second-order valence-corrected chi connectivity index (χ2v) is 6.27. The molecule has 0 saturated carbocycles. The van der Waals surface area contributed by atoms with Crippen LogP contribution in [-0.4, -0.2) is 30.6 Å². The van der Waals surface area contributed by atoms with Gasteiger partial charge in [0.1, 0.15) is 6.04 Å². The molecule has 1 rings (SSSR count). The topological polar surface area (TPSA) is 29.5 Å². The van der Waals surface area contributed by atoms with Crippen molar-refractivity contribution >= 4 is 5.97 Å². The number of carbonyl (C=O) groups is 1. The zero-order valence-corrected chi connectivity index (χ0v) is 13.5. The van der Waals surface area contributed by atoms with Crippen molar-refractivity contribution < 1.29 is 9.53 Å². The molecule has 0 aliphatic heterocycles. The maximum Gasteiger partial charge on any atom is 0.327 e. The Bertz CT molecular complexity index is 422. The van der Waals surface area contributed by atoms with Crippen molar-refractivity contribution in [1.29, 1.82) is 0 Å². The average molecular weight is 277 g/mol. The number of ether oxygens (including phenoxy) is 1. The second-order valence-electron chi connectivity index (χ2n) is 6.27. The first-order chi connectivity index (χ1) is 9.29. The van der Waals surface area contributed by atoms with Crippen molar-refractivity contribution in [3.63, 3.8) is 0 Å². The summed E-state index contributed by atoms with van der Waals surface area (Å²) in [5, 5.41) is 0. The summed E-state index contributed by atoms with van der Waals surface area (Å²) in [6, 6.07) is 9.72. The Morgan fingerprint density at radius 1 is 1.25 bits per heavy atom. The molecule has 2 atom stereocenters. The van der Waals surface area contributed by atoms with Gasteiger partial charge in [0.25, 0.3) is 0 Å². The Morgan fingerprint density at radius 2 is 1.80 bits per heavy atom. The number of likely N-dealkylation sites (N-methyl/N-ethyl adjacent to an activating group) is 1. The molecule has 1 aromatic carbocycles. The molecule has 0 bridgehead atoms.